The highest BCUT2D eigenvalue weighted by molar-refractivity contribution is 6.01. The molecule has 0 bridgehead atoms. The third kappa shape index (κ3) is 2.30. The number of hydrogen-bond donors (Lipinski definition) is 2. The Kier molecular flexibility index (Phi) is 3.13. The number of carbonyl (C=O) groups is 2. The summed E-state index contributed by atoms with van der Waals surface area (Å²) in [4.78, 5) is 22.9. The van der Waals surface area contributed by atoms with Gasteiger partial charge in [0.15, 0.2) is 0 Å². The summed E-state index contributed by atoms with van der Waals surface area (Å²) in [5, 5.41) is 11.8. The van der Waals surface area contributed by atoms with Crippen molar-refractivity contribution in [3.8, 4) is 5.75 Å². The van der Waals surface area contributed by atoms with Crippen molar-refractivity contribution in [2.75, 3.05) is 0 Å². The van der Waals surface area contributed by atoms with E-state index in [0.29, 0.717) is 12.8 Å². The predicted molar refractivity (Wildman–Crippen MR) is 62.6 cm³/mol. The zero-order chi connectivity index (χ0) is 12.4. The standard InChI is InChI=1S/C13H15NO3/c1-2-8-7-9(15)3-4-10(8)11-5-6-12(16)14-13(11)17/h3-4,7,11,15H,2,5-6H2,1H3,(H,14,16,17). The Morgan fingerprint density at radius 3 is 2.82 bits per heavy atom. The highest BCUT2D eigenvalue weighted by atomic mass is 16.3. The van der Waals surface area contributed by atoms with E-state index < -0.39 is 0 Å². The molecule has 4 heteroatoms. The number of amides is 2. The van der Waals surface area contributed by atoms with Crippen LogP contribution in [0.2, 0.25) is 0 Å². The predicted octanol–water partition coefficient (Wildman–Crippen LogP) is 1.47. The molecule has 2 N–H and O–H groups in total. The molecule has 2 rings (SSSR count). The molecule has 0 radical (unpaired) electrons. The molecule has 2 amide bonds. The largest absolute Gasteiger partial charge is 0.508 e. The molecule has 90 valence electrons. The fraction of sp³-hybridized carbons (Fsp3) is 0.385. The minimum absolute atomic E-state index is 0.205. The molecule has 1 fully saturated rings. The lowest BCUT2D eigenvalue weighted by molar-refractivity contribution is -0.134. The molecule has 1 saturated heterocycles. The van der Waals surface area contributed by atoms with E-state index in [-0.39, 0.29) is 23.5 Å². The second kappa shape index (κ2) is 4.57. The first-order chi connectivity index (χ1) is 8.11. The zero-order valence-electron chi connectivity index (χ0n) is 9.69. The SMILES string of the molecule is CCc1cc(O)ccc1C1CCC(=O)NC1=O. The highest BCUT2D eigenvalue weighted by Crippen LogP contribution is 2.29. The molecular formula is C13H15NO3. The number of aryl methyl sites for hydroxylation is 1. The summed E-state index contributed by atoms with van der Waals surface area (Å²) in [6, 6.07) is 5.03. The molecule has 17 heavy (non-hydrogen) atoms. The summed E-state index contributed by atoms with van der Waals surface area (Å²) in [5.41, 5.74) is 1.87. The third-order valence-corrected chi connectivity index (χ3v) is 3.12. The van der Waals surface area contributed by atoms with Crippen LogP contribution in [0.3, 0.4) is 0 Å². The van der Waals surface area contributed by atoms with Gasteiger partial charge in [0.25, 0.3) is 0 Å². The van der Waals surface area contributed by atoms with Gasteiger partial charge < -0.3 is 5.11 Å². The number of aromatic hydroxyl groups is 1. The number of phenolic OH excluding ortho intramolecular Hbond substituents is 1. The Morgan fingerprint density at radius 1 is 1.41 bits per heavy atom. The number of benzene rings is 1. The normalized spacial score (nSPS) is 20.2. The first-order valence-electron chi connectivity index (χ1n) is 5.77. The first-order valence-corrected chi connectivity index (χ1v) is 5.77. The molecule has 1 aliphatic rings. The Bertz CT molecular complexity index is 468. The van der Waals surface area contributed by atoms with E-state index in [2.05, 4.69) is 5.32 Å². The van der Waals surface area contributed by atoms with Crippen molar-refractivity contribution in [3.63, 3.8) is 0 Å². The molecule has 1 aromatic rings. The van der Waals surface area contributed by atoms with E-state index in [4.69, 9.17) is 0 Å². The number of carbonyl (C=O) groups excluding carboxylic acids is 2. The molecular weight excluding hydrogens is 218 g/mol. The average Bonchev–Trinajstić information content (AvgIpc) is 2.30. The van der Waals surface area contributed by atoms with Crippen molar-refractivity contribution in [1.82, 2.24) is 5.32 Å². The average molecular weight is 233 g/mol. The first kappa shape index (κ1) is 11.6. The molecule has 0 saturated carbocycles. The van der Waals surface area contributed by atoms with Crippen LogP contribution in [0.1, 0.15) is 36.8 Å². The molecule has 1 unspecified atom stereocenters. The number of nitrogens with one attached hydrogen (secondary N) is 1. The van der Waals surface area contributed by atoms with Gasteiger partial charge in [0.1, 0.15) is 5.75 Å². The topological polar surface area (TPSA) is 66.4 Å². The second-order valence-electron chi connectivity index (χ2n) is 4.24. The minimum atomic E-state index is -0.275. The van der Waals surface area contributed by atoms with Gasteiger partial charge in [0.05, 0.1) is 5.92 Å². The van der Waals surface area contributed by atoms with Gasteiger partial charge in [-0.05, 0) is 36.1 Å². The van der Waals surface area contributed by atoms with Crippen LogP contribution in [-0.2, 0) is 16.0 Å². The lowest BCUT2D eigenvalue weighted by Crippen LogP contribution is -2.39. The maximum atomic E-state index is 11.8. The van der Waals surface area contributed by atoms with E-state index in [1.807, 2.05) is 6.92 Å². The van der Waals surface area contributed by atoms with Crippen LogP contribution in [0, 0.1) is 0 Å². The van der Waals surface area contributed by atoms with Gasteiger partial charge in [0, 0.05) is 6.42 Å². The summed E-state index contributed by atoms with van der Waals surface area (Å²) in [7, 11) is 0. The molecule has 0 aromatic heterocycles. The number of piperidine rings is 1. The van der Waals surface area contributed by atoms with Crippen molar-refractivity contribution in [2.24, 2.45) is 0 Å². The van der Waals surface area contributed by atoms with Gasteiger partial charge in [-0.15, -0.1) is 0 Å². The van der Waals surface area contributed by atoms with Gasteiger partial charge >= 0.3 is 0 Å². The fourth-order valence-electron chi connectivity index (χ4n) is 2.23. The van der Waals surface area contributed by atoms with E-state index >= 15 is 0 Å². The monoisotopic (exact) mass is 233 g/mol. The Labute approximate surface area is 99.6 Å². The Balaban J connectivity index is 2.33. The Morgan fingerprint density at radius 2 is 2.18 bits per heavy atom. The minimum Gasteiger partial charge on any atom is -0.508 e. The lowest BCUT2D eigenvalue weighted by Gasteiger charge is -2.23. The fourth-order valence-corrected chi connectivity index (χ4v) is 2.23. The summed E-state index contributed by atoms with van der Waals surface area (Å²) in [6.45, 7) is 1.98. The summed E-state index contributed by atoms with van der Waals surface area (Å²) < 4.78 is 0. The van der Waals surface area contributed by atoms with Crippen molar-refractivity contribution in [2.45, 2.75) is 32.1 Å². The molecule has 0 spiro atoms. The molecule has 1 aromatic carbocycles. The van der Waals surface area contributed by atoms with Crippen LogP contribution < -0.4 is 5.32 Å². The van der Waals surface area contributed by atoms with Gasteiger partial charge in [-0.25, -0.2) is 0 Å². The maximum absolute atomic E-state index is 11.8. The van der Waals surface area contributed by atoms with E-state index in [1.165, 1.54) is 0 Å². The number of hydrogen-bond acceptors (Lipinski definition) is 3. The number of imide groups is 1. The van der Waals surface area contributed by atoms with E-state index in [9.17, 15) is 14.7 Å². The van der Waals surface area contributed by atoms with Gasteiger partial charge in [0.2, 0.25) is 11.8 Å². The van der Waals surface area contributed by atoms with Crippen LogP contribution in [0.25, 0.3) is 0 Å². The zero-order valence-corrected chi connectivity index (χ0v) is 9.69. The number of phenols is 1. The van der Waals surface area contributed by atoms with Crippen LogP contribution >= 0.6 is 0 Å². The van der Waals surface area contributed by atoms with Crippen molar-refractivity contribution < 1.29 is 14.7 Å². The lowest BCUT2D eigenvalue weighted by atomic mass is 9.86. The van der Waals surface area contributed by atoms with E-state index in [1.54, 1.807) is 18.2 Å². The van der Waals surface area contributed by atoms with Crippen LogP contribution in [0.5, 0.6) is 5.75 Å². The second-order valence-corrected chi connectivity index (χ2v) is 4.24. The number of rotatable bonds is 2. The summed E-state index contributed by atoms with van der Waals surface area (Å²) in [6.07, 6.45) is 1.67. The third-order valence-electron chi connectivity index (χ3n) is 3.12. The molecule has 1 aliphatic heterocycles. The smallest absolute Gasteiger partial charge is 0.234 e. The molecule has 0 aliphatic carbocycles. The van der Waals surface area contributed by atoms with Crippen molar-refractivity contribution >= 4 is 11.8 Å². The quantitative estimate of drug-likeness (QED) is 0.760. The maximum Gasteiger partial charge on any atom is 0.234 e. The van der Waals surface area contributed by atoms with Crippen LogP contribution in [0.4, 0.5) is 0 Å². The molecule has 1 heterocycles. The van der Waals surface area contributed by atoms with Gasteiger partial charge in [-0.1, -0.05) is 13.0 Å². The summed E-state index contributed by atoms with van der Waals surface area (Å²) in [5.74, 6) is -0.508. The van der Waals surface area contributed by atoms with Crippen LogP contribution in [0.15, 0.2) is 18.2 Å². The highest BCUT2D eigenvalue weighted by Gasteiger charge is 2.29. The van der Waals surface area contributed by atoms with E-state index in [0.717, 1.165) is 17.5 Å². The van der Waals surface area contributed by atoms with Crippen LogP contribution in [-0.4, -0.2) is 16.9 Å². The van der Waals surface area contributed by atoms with Gasteiger partial charge in [-0.3, -0.25) is 14.9 Å². The van der Waals surface area contributed by atoms with Crippen molar-refractivity contribution in [3.05, 3.63) is 29.3 Å². The molecule has 1 atom stereocenters. The Hall–Kier alpha value is -1.84. The van der Waals surface area contributed by atoms with Crippen molar-refractivity contribution in [1.29, 1.82) is 0 Å². The molecule has 4 nitrogen and oxygen atoms in total. The van der Waals surface area contributed by atoms with Gasteiger partial charge in [-0.2, -0.15) is 0 Å². The summed E-state index contributed by atoms with van der Waals surface area (Å²) >= 11 is 0.